The second-order valence-corrected chi connectivity index (χ2v) is 30.5. The van der Waals surface area contributed by atoms with Crippen LogP contribution in [0, 0.1) is 92.7 Å². The monoisotopic (exact) mass is 1180 g/mol. The molecule has 12 aliphatic carbocycles. The Morgan fingerprint density at radius 2 is 0.667 bits per heavy atom. The molecule has 0 unspecified atom stereocenters. The summed E-state index contributed by atoms with van der Waals surface area (Å²) in [6.45, 7) is 31.4. The van der Waals surface area contributed by atoms with E-state index in [2.05, 4.69) is 20.8 Å². The first-order valence-electron chi connectivity index (χ1n) is 33.3. The van der Waals surface area contributed by atoms with E-state index in [1.165, 1.54) is 96.3 Å². The van der Waals surface area contributed by atoms with Crippen LogP contribution in [-0.4, -0.2) is 91.8 Å². The average Bonchev–Trinajstić information content (AvgIpc) is 1.02. The third-order valence-electron chi connectivity index (χ3n) is 23.1. The number of rotatable bonds is 23. The van der Waals surface area contributed by atoms with E-state index >= 15 is 0 Å². The molecule has 0 aromatic rings. The first-order valence-corrected chi connectivity index (χ1v) is 33.3. The van der Waals surface area contributed by atoms with Gasteiger partial charge in [-0.3, -0.25) is 24.0 Å². The third kappa shape index (κ3) is 16.5. The third-order valence-corrected chi connectivity index (χ3v) is 23.1. The molecule has 12 aliphatic rings. The molecule has 0 amide bonds. The highest BCUT2D eigenvalue weighted by molar-refractivity contribution is 5.81. The second-order valence-electron chi connectivity index (χ2n) is 30.5. The molecule has 0 aromatic heterocycles. The van der Waals surface area contributed by atoms with Crippen molar-refractivity contribution >= 4 is 41.8 Å². The first-order chi connectivity index (χ1) is 39.3. The maximum atomic E-state index is 12.4. The zero-order chi connectivity index (χ0) is 62.2. The van der Waals surface area contributed by atoms with Crippen molar-refractivity contribution in [3.8, 4) is 0 Å². The fourth-order valence-electron chi connectivity index (χ4n) is 16.3. The summed E-state index contributed by atoms with van der Waals surface area (Å²) in [6.07, 6.45) is 23.5. The van der Waals surface area contributed by atoms with E-state index in [0.29, 0.717) is 55.0 Å². The van der Waals surface area contributed by atoms with Gasteiger partial charge < -0.3 is 37.9 Å². The molecule has 0 saturated heterocycles. The summed E-state index contributed by atoms with van der Waals surface area (Å²) in [4.78, 5) is 84.4. The van der Waals surface area contributed by atoms with E-state index in [4.69, 9.17) is 37.9 Å². The van der Waals surface area contributed by atoms with Crippen LogP contribution in [0.1, 0.15) is 252 Å². The number of hydrogen-bond donors (Lipinski definition) is 0. The van der Waals surface area contributed by atoms with Crippen LogP contribution in [0.3, 0.4) is 0 Å². The van der Waals surface area contributed by atoms with Crippen molar-refractivity contribution in [2.24, 2.45) is 92.7 Å². The molecule has 12 rings (SSSR count). The van der Waals surface area contributed by atoms with Gasteiger partial charge in [0, 0.05) is 0 Å². The summed E-state index contributed by atoms with van der Waals surface area (Å²) in [6, 6.07) is 0. The molecule has 0 spiro atoms. The van der Waals surface area contributed by atoms with Crippen molar-refractivity contribution in [1.82, 2.24) is 0 Å². The Balaban J connectivity index is 0.000000184. The lowest BCUT2D eigenvalue weighted by molar-refractivity contribution is -0.214. The lowest BCUT2D eigenvalue weighted by Gasteiger charge is -2.60. The molecule has 0 radical (unpaired) electrons. The normalized spacial score (nSPS) is 33.6. The van der Waals surface area contributed by atoms with Crippen LogP contribution < -0.4 is 0 Å². The molecule has 12 bridgehead atoms. The van der Waals surface area contributed by atoms with Gasteiger partial charge in [0.05, 0.1) is 34.7 Å². The van der Waals surface area contributed by atoms with Gasteiger partial charge in [0.2, 0.25) is 0 Å². The number of hydrogen-bond acceptors (Lipinski definition) is 15. The Labute approximate surface area is 506 Å². The highest BCUT2D eigenvalue weighted by atomic mass is 16.7. The van der Waals surface area contributed by atoms with E-state index in [1.807, 2.05) is 90.0 Å². The topological polar surface area (TPSA) is 193 Å². The van der Waals surface area contributed by atoms with Crippen LogP contribution in [0.5, 0.6) is 0 Å². The molecular weight excluding hydrogens is 1070 g/mol. The van der Waals surface area contributed by atoms with Gasteiger partial charge in [0.1, 0.15) is 23.4 Å². The summed E-state index contributed by atoms with van der Waals surface area (Å²) in [5.74, 6) is 6.08. The van der Waals surface area contributed by atoms with Gasteiger partial charge in [-0.15, -0.1) is 0 Å². The van der Waals surface area contributed by atoms with Crippen molar-refractivity contribution in [2.75, 3.05) is 33.2 Å². The second kappa shape index (κ2) is 28.6. The zero-order valence-electron chi connectivity index (χ0n) is 55.1. The van der Waals surface area contributed by atoms with Gasteiger partial charge in [0.15, 0.2) is 20.0 Å². The number of carbonyl (C=O) groups is 7. The maximum absolute atomic E-state index is 12.4. The van der Waals surface area contributed by atoms with Crippen LogP contribution in [0.2, 0.25) is 0 Å². The van der Waals surface area contributed by atoms with Crippen molar-refractivity contribution < 1.29 is 71.5 Å². The van der Waals surface area contributed by atoms with Gasteiger partial charge in [-0.2, -0.15) is 0 Å². The van der Waals surface area contributed by atoms with E-state index in [0.717, 1.165) is 61.2 Å². The maximum Gasteiger partial charge on any atom is 0.344 e. The molecule has 0 aromatic carbocycles. The average molecular weight is 1180 g/mol. The van der Waals surface area contributed by atoms with Crippen molar-refractivity contribution in [3.63, 3.8) is 0 Å². The van der Waals surface area contributed by atoms with E-state index in [1.54, 1.807) is 0 Å². The van der Waals surface area contributed by atoms with Gasteiger partial charge >= 0.3 is 41.8 Å². The summed E-state index contributed by atoms with van der Waals surface area (Å²) in [7, 11) is 0. The summed E-state index contributed by atoms with van der Waals surface area (Å²) in [5, 5.41) is 0. The highest BCUT2D eigenvalue weighted by Gasteiger charge is 2.60. The minimum absolute atomic E-state index is 0.0795. The minimum Gasteiger partial charge on any atom is -0.465 e. The highest BCUT2D eigenvalue weighted by Crippen LogP contribution is 2.62. The molecule has 15 heteroatoms. The molecule has 84 heavy (non-hydrogen) atoms. The molecule has 0 aliphatic heterocycles. The van der Waals surface area contributed by atoms with Crippen LogP contribution in [0.25, 0.3) is 0 Å². The first kappa shape index (κ1) is 69.4. The van der Waals surface area contributed by atoms with Crippen molar-refractivity contribution in [2.45, 2.75) is 269 Å². The molecule has 480 valence electrons. The minimum atomic E-state index is -0.550. The van der Waals surface area contributed by atoms with Crippen molar-refractivity contribution in [1.29, 1.82) is 0 Å². The quantitative estimate of drug-likeness (QED) is 0.0405. The molecule has 0 N–H and O–H groups in total. The fraction of sp³-hybridized carbons (Fsp3) is 0.899. The SMILES string of the molecule is CCC(C)(C)C(=O)OCC(=O)OC1(C)C2CC3CC(C2)CC1C3.CCC(C)(C)C(=O)OCC(=O)OC1(CC)C2CC3CC(C2)CC1C3.CCC(C)(C)C(=O)OCCC(=O)OC1(C)C2CC3CC(C2)CC1C3.CCCOCOC(=O)C(C)(C)CC. The Morgan fingerprint density at radius 3 is 0.988 bits per heavy atom. The van der Waals surface area contributed by atoms with E-state index in [-0.39, 0.29) is 91.6 Å². The lowest BCUT2D eigenvalue weighted by Crippen LogP contribution is -2.59. The van der Waals surface area contributed by atoms with Gasteiger partial charge in [-0.1, -0.05) is 41.5 Å². The van der Waals surface area contributed by atoms with Crippen molar-refractivity contribution in [3.05, 3.63) is 0 Å². The number of carbonyl (C=O) groups excluding carboxylic acids is 7. The van der Waals surface area contributed by atoms with E-state index in [9.17, 15) is 33.6 Å². The predicted octanol–water partition coefficient (Wildman–Crippen LogP) is 14.3. The number of ether oxygens (including phenoxy) is 8. The predicted molar refractivity (Wildman–Crippen MR) is 320 cm³/mol. The Hall–Kier alpha value is -3.75. The van der Waals surface area contributed by atoms with Crippen LogP contribution >= 0.6 is 0 Å². The Bertz CT molecular complexity index is 2170. The Kier molecular flexibility index (Phi) is 23.6. The molecular formula is C69H114O15. The standard InChI is InChI=1S/2C20H32O4.C19H30O4.C10H20O3/c1-5-19(2,3)18(22)23-7-6-17(21)24-20(4)15-9-13-8-14(11-15)12-16(20)10-13;1-5-19(3,4)18(22)23-12-17(21)24-20(6-2)15-8-13-7-14(10-15)11-16(20)9-13;1-5-18(2,3)17(21)22-11-16(20)23-19(4)14-7-12-6-13(9-14)10-15(19)8-12;1-5-7-12-8-13-9(11)10(3,4)6-2/h2*13-16H,5-12H2,1-4H3;12-15H,5-11H2,1-4H3;5-8H2,1-4H3. The molecule has 12 saturated carbocycles. The molecule has 12 fully saturated rings. The van der Waals surface area contributed by atoms with Crippen LogP contribution in [-0.2, 0) is 71.5 Å². The summed E-state index contributed by atoms with van der Waals surface area (Å²) >= 11 is 0. The van der Waals surface area contributed by atoms with Crippen LogP contribution in [0.4, 0.5) is 0 Å². The lowest BCUT2D eigenvalue weighted by atomic mass is 9.49. The molecule has 0 atom stereocenters. The smallest absolute Gasteiger partial charge is 0.344 e. The summed E-state index contributed by atoms with van der Waals surface area (Å²) in [5.41, 5.74) is -2.93. The molecule has 0 heterocycles. The van der Waals surface area contributed by atoms with Gasteiger partial charge in [-0.05, 0) is 275 Å². The molecule has 15 nitrogen and oxygen atoms in total. The zero-order valence-corrected chi connectivity index (χ0v) is 55.1. The summed E-state index contributed by atoms with van der Waals surface area (Å²) < 4.78 is 43.6. The number of esters is 7. The van der Waals surface area contributed by atoms with Crippen LogP contribution in [0.15, 0.2) is 0 Å². The van der Waals surface area contributed by atoms with Gasteiger partial charge in [0.25, 0.3) is 0 Å². The van der Waals surface area contributed by atoms with E-state index < -0.39 is 21.7 Å². The fourth-order valence-corrected chi connectivity index (χ4v) is 16.3. The largest absolute Gasteiger partial charge is 0.465 e. The van der Waals surface area contributed by atoms with Gasteiger partial charge in [-0.25, -0.2) is 9.59 Å². The Morgan fingerprint density at radius 1 is 0.369 bits per heavy atom.